The van der Waals surface area contributed by atoms with Gasteiger partial charge in [0.25, 0.3) is 0 Å². The van der Waals surface area contributed by atoms with Crippen LogP contribution in [0, 0.1) is 0 Å². The lowest BCUT2D eigenvalue weighted by molar-refractivity contribution is -0.894. The van der Waals surface area contributed by atoms with Crippen LogP contribution in [0.25, 0.3) is 0 Å². The minimum atomic E-state index is -5.92. The molecule has 13 heteroatoms. The summed E-state index contributed by atoms with van der Waals surface area (Å²) in [5, 5.41) is 7.86. The number of nitrogens with one attached hydrogen (secondary N) is 3. The van der Waals surface area contributed by atoms with Crippen molar-refractivity contribution in [3.8, 4) is 0 Å². The molecule has 0 saturated heterocycles. The fourth-order valence-electron chi connectivity index (χ4n) is 2.55. The predicted molar refractivity (Wildman–Crippen MR) is 122 cm³/mol. The lowest BCUT2D eigenvalue weighted by Gasteiger charge is -2.45. The average molecular weight is 506 g/mol. The second kappa shape index (κ2) is 18.8. The molecule has 0 radical (unpaired) electrons. The van der Waals surface area contributed by atoms with E-state index in [1.54, 1.807) is 9.80 Å². The Kier molecular flexibility index (Phi) is 21.1. The van der Waals surface area contributed by atoms with Gasteiger partial charge < -0.3 is 44.4 Å². The van der Waals surface area contributed by atoms with E-state index in [4.69, 9.17) is 9.79 Å². The van der Waals surface area contributed by atoms with Crippen LogP contribution in [-0.4, -0.2) is 71.7 Å². The third-order valence-electron chi connectivity index (χ3n) is 5.08. The van der Waals surface area contributed by atoms with Crippen molar-refractivity contribution in [2.24, 2.45) is 0 Å². The number of hydrogen-bond donors (Lipinski definition) is 6. The topological polar surface area (TPSA) is 179 Å². The second-order valence-electron chi connectivity index (χ2n) is 7.04. The van der Waals surface area contributed by atoms with Crippen molar-refractivity contribution in [1.29, 1.82) is 0 Å². The number of aliphatic hydroxyl groups is 1. The summed E-state index contributed by atoms with van der Waals surface area (Å²) in [4.78, 5) is 52.9. The zero-order chi connectivity index (χ0) is 26.0. The van der Waals surface area contributed by atoms with Gasteiger partial charge in [-0.1, -0.05) is 6.58 Å². The Labute approximate surface area is 193 Å². The molecule has 11 nitrogen and oxygen atoms in total. The van der Waals surface area contributed by atoms with E-state index in [1.807, 2.05) is 0 Å². The lowest BCUT2D eigenvalue weighted by Crippen LogP contribution is -3.11. The van der Waals surface area contributed by atoms with Crippen LogP contribution in [0.5, 0.6) is 0 Å². The van der Waals surface area contributed by atoms with Crippen LogP contribution in [-0.2, 0) is 13.9 Å². The van der Waals surface area contributed by atoms with Crippen molar-refractivity contribution in [1.82, 2.24) is 5.32 Å². The van der Waals surface area contributed by atoms with Crippen LogP contribution in [0.15, 0.2) is 12.7 Å². The first kappa shape index (κ1) is 36.0. The minimum Gasteiger partial charge on any atom is -0.808 e. The first-order chi connectivity index (χ1) is 14.6. The van der Waals surface area contributed by atoms with E-state index in [2.05, 4.69) is 53.4 Å². The summed E-state index contributed by atoms with van der Waals surface area (Å²) >= 11 is 0. The Morgan fingerprint density at radius 2 is 1.28 bits per heavy atom. The fourth-order valence-corrected chi connectivity index (χ4v) is 4.71. The molecular formula is C19H45N3O8P2. The van der Waals surface area contributed by atoms with Crippen molar-refractivity contribution in [3.05, 3.63) is 12.7 Å². The summed E-state index contributed by atoms with van der Waals surface area (Å²) in [5.74, 6) is -0.581. The van der Waals surface area contributed by atoms with E-state index in [1.165, 1.54) is 39.3 Å². The molecule has 0 rings (SSSR count). The normalized spacial score (nSPS) is 13.4. The quantitative estimate of drug-likeness (QED) is 0.0916. The highest BCUT2D eigenvalue weighted by Crippen LogP contribution is 2.65. The van der Waals surface area contributed by atoms with Crippen molar-refractivity contribution in [2.45, 2.75) is 59.5 Å². The summed E-state index contributed by atoms with van der Waals surface area (Å²) in [6.07, 6.45) is -0.365. The van der Waals surface area contributed by atoms with E-state index in [9.17, 15) is 28.8 Å². The molecule has 0 saturated carbocycles. The zero-order valence-electron chi connectivity index (χ0n) is 20.4. The molecule has 0 aromatic carbocycles. The van der Waals surface area contributed by atoms with E-state index in [0.717, 1.165) is 6.08 Å². The molecule has 0 bridgehead atoms. The van der Waals surface area contributed by atoms with Gasteiger partial charge in [-0.15, -0.1) is 0 Å². The number of amides is 1. The molecule has 0 spiro atoms. The van der Waals surface area contributed by atoms with Crippen LogP contribution in [0.3, 0.4) is 0 Å². The average Bonchev–Trinajstić information content (AvgIpc) is 2.72. The minimum absolute atomic E-state index is 0.173. The molecular weight excluding hydrogens is 460 g/mol. The fraction of sp³-hybridized carbons (Fsp3) is 0.842. The Morgan fingerprint density at radius 1 is 0.938 bits per heavy atom. The standard InChI is InChI=1S/C7H15NO8P2.2C6H15N/c1-2-6(9)8-5-3-4-7(10,17(11,12)13)18(14,15)16;2*1-4-7(5-2)6-3/h2,10H,1,3-5H2,(H,8,9)(H2,11,12,13)(H2,14,15,16);2*4-6H2,1-3H3. The molecule has 0 aromatic rings. The van der Waals surface area contributed by atoms with Gasteiger partial charge in [0.15, 0.2) is 5.08 Å². The predicted octanol–water partition coefficient (Wildman–Crippen LogP) is -2.33. The van der Waals surface area contributed by atoms with Crippen LogP contribution in [0.1, 0.15) is 54.4 Å². The van der Waals surface area contributed by atoms with Crippen molar-refractivity contribution in [2.75, 3.05) is 45.8 Å². The maximum Gasteiger partial charge on any atom is 0.361 e. The Hall–Kier alpha value is -0.610. The molecule has 32 heavy (non-hydrogen) atoms. The van der Waals surface area contributed by atoms with Crippen LogP contribution >= 0.6 is 15.2 Å². The molecule has 0 aliphatic heterocycles. The molecule has 0 aliphatic carbocycles. The Morgan fingerprint density at radius 3 is 1.47 bits per heavy atom. The number of hydrogen-bond acceptors (Lipinski definition) is 6. The number of quaternary nitrogens is 2. The van der Waals surface area contributed by atoms with Gasteiger partial charge in [-0.25, -0.2) is 0 Å². The van der Waals surface area contributed by atoms with E-state index in [0.29, 0.717) is 0 Å². The Balaban J connectivity index is -0.000000491. The number of carbonyl (C=O) groups is 1. The van der Waals surface area contributed by atoms with Gasteiger partial charge in [-0.05, 0) is 68.1 Å². The molecule has 0 aromatic heterocycles. The van der Waals surface area contributed by atoms with Crippen LogP contribution < -0.4 is 24.9 Å². The van der Waals surface area contributed by atoms with Crippen LogP contribution in [0.4, 0.5) is 0 Å². The molecule has 1 amide bonds. The second-order valence-corrected chi connectivity index (χ2v) is 11.0. The molecule has 1 atom stereocenters. The number of rotatable bonds is 13. The monoisotopic (exact) mass is 505 g/mol. The zero-order valence-corrected chi connectivity index (χ0v) is 22.2. The van der Waals surface area contributed by atoms with Gasteiger partial charge >= 0.3 is 7.60 Å². The third kappa shape index (κ3) is 15.3. The van der Waals surface area contributed by atoms with Gasteiger partial charge in [0.2, 0.25) is 5.91 Å². The van der Waals surface area contributed by atoms with Gasteiger partial charge in [0.1, 0.15) is 0 Å². The Bertz CT molecular complexity index is 542. The van der Waals surface area contributed by atoms with Crippen molar-refractivity contribution >= 4 is 21.1 Å². The molecule has 6 N–H and O–H groups in total. The van der Waals surface area contributed by atoms with E-state index >= 15 is 0 Å². The van der Waals surface area contributed by atoms with Gasteiger partial charge in [-0.3, -0.25) is 9.36 Å². The maximum atomic E-state index is 10.9. The maximum absolute atomic E-state index is 10.9. The summed E-state index contributed by atoms with van der Waals surface area (Å²) in [5.41, 5.74) is 0. The summed E-state index contributed by atoms with van der Waals surface area (Å²) < 4.78 is 21.6. The summed E-state index contributed by atoms with van der Waals surface area (Å²) in [6, 6.07) is 0. The van der Waals surface area contributed by atoms with Crippen molar-refractivity contribution in [3.63, 3.8) is 0 Å². The molecule has 0 aliphatic rings. The molecule has 1 unspecified atom stereocenters. The van der Waals surface area contributed by atoms with Gasteiger partial charge in [0.05, 0.1) is 39.3 Å². The van der Waals surface area contributed by atoms with Crippen molar-refractivity contribution < 1.29 is 48.4 Å². The number of carbonyl (C=O) groups excluding carboxylic acids is 1. The van der Waals surface area contributed by atoms with Crippen LogP contribution in [0.2, 0.25) is 0 Å². The molecule has 0 heterocycles. The van der Waals surface area contributed by atoms with E-state index in [-0.39, 0.29) is 13.0 Å². The smallest absolute Gasteiger partial charge is 0.361 e. The lowest BCUT2D eigenvalue weighted by atomic mass is 10.3. The highest BCUT2D eigenvalue weighted by atomic mass is 31.2. The van der Waals surface area contributed by atoms with Gasteiger partial charge in [-0.2, -0.15) is 0 Å². The highest BCUT2D eigenvalue weighted by Gasteiger charge is 2.47. The third-order valence-corrected chi connectivity index (χ3v) is 8.85. The highest BCUT2D eigenvalue weighted by molar-refractivity contribution is 7.70. The summed E-state index contributed by atoms with van der Waals surface area (Å²) in [6.45, 7) is 23.9. The van der Waals surface area contributed by atoms with Gasteiger partial charge in [0, 0.05) is 6.54 Å². The SMILES string of the molecule is C=CC(=O)NCCCC(O)(P(=O)([O-])[O-])P(=O)(O)O.CC[NH+](CC)CC.CC[NH+](CC)CC. The first-order valence-electron chi connectivity index (χ1n) is 11.0. The summed E-state index contributed by atoms with van der Waals surface area (Å²) in [7, 11) is -11.5. The molecule has 0 fully saturated rings. The van der Waals surface area contributed by atoms with E-state index < -0.39 is 32.6 Å². The first-order valence-corrected chi connectivity index (χ1v) is 14.2. The largest absolute Gasteiger partial charge is 0.808 e. The molecule has 194 valence electrons.